The minimum atomic E-state index is -2.64. The van der Waals surface area contributed by atoms with Crippen LogP contribution in [0.3, 0.4) is 0 Å². The Labute approximate surface area is 204 Å². The summed E-state index contributed by atoms with van der Waals surface area (Å²) >= 11 is 0.739. The maximum Gasteiger partial charge on any atom is 0.272 e. The number of likely N-dealkylation sites (tertiary alicyclic amines) is 1. The fraction of sp³-hybridized carbons (Fsp3) is 0.333. The molecule has 4 rings (SSSR count). The number of nitriles is 1. The highest BCUT2D eigenvalue weighted by Gasteiger charge is 2.34. The molecule has 3 aromatic rings. The number of halogens is 2. The highest BCUT2D eigenvalue weighted by molar-refractivity contribution is 7.14. The van der Waals surface area contributed by atoms with E-state index in [4.69, 9.17) is 5.73 Å². The molecular weight excluding hydrogens is 474 g/mol. The molecule has 182 valence electrons. The van der Waals surface area contributed by atoms with Gasteiger partial charge in [-0.25, -0.2) is 13.8 Å². The van der Waals surface area contributed by atoms with Gasteiger partial charge in [0.25, 0.3) is 18.2 Å². The molecule has 0 radical (unpaired) electrons. The third-order valence-corrected chi connectivity index (χ3v) is 6.59. The first-order valence-corrected chi connectivity index (χ1v) is 11.7. The van der Waals surface area contributed by atoms with Gasteiger partial charge in [0.2, 0.25) is 5.95 Å². The molecule has 0 unspecified atom stereocenters. The number of aromatic nitrogens is 2. The molecule has 1 fully saturated rings. The van der Waals surface area contributed by atoms with Gasteiger partial charge in [-0.05, 0) is 44.2 Å². The van der Waals surface area contributed by atoms with E-state index in [0.717, 1.165) is 16.9 Å². The Bertz CT molecular complexity index is 1340. The number of carbonyl (C=O) groups is 2. The van der Waals surface area contributed by atoms with Gasteiger partial charge < -0.3 is 15.2 Å². The van der Waals surface area contributed by atoms with E-state index in [-0.39, 0.29) is 27.2 Å². The monoisotopic (exact) mass is 498 g/mol. The summed E-state index contributed by atoms with van der Waals surface area (Å²) in [5.41, 5.74) is 6.62. The number of hydrogen-bond acceptors (Lipinski definition) is 6. The number of amides is 2. The molecule has 1 aliphatic heterocycles. The van der Waals surface area contributed by atoms with Crippen LogP contribution in [-0.4, -0.2) is 44.9 Å². The van der Waals surface area contributed by atoms with Gasteiger partial charge in [0.05, 0.1) is 20.8 Å². The average molecular weight is 499 g/mol. The summed E-state index contributed by atoms with van der Waals surface area (Å²) in [6.07, 6.45) is -1.17. The van der Waals surface area contributed by atoms with Crippen LogP contribution in [0, 0.1) is 17.2 Å². The molecule has 0 spiro atoms. The van der Waals surface area contributed by atoms with Crippen molar-refractivity contribution in [2.45, 2.75) is 32.4 Å². The van der Waals surface area contributed by atoms with Crippen molar-refractivity contribution in [1.29, 1.82) is 5.26 Å². The normalized spacial score (nSPS) is 14.8. The molecule has 8 nitrogen and oxygen atoms in total. The number of alkyl halides is 2. The van der Waals surface area contributed by atoms with Crippen LogP contribution in [0.5, 0.6) is 0 Å². The van der Waals surface area contributed by atoms with Crippen molar-refractivity contribution in [3.63, 3.8) is 0 Å². The van der Waals surface area contributed by atoms with Crippen LogP contribution in [0.1, 0.15) is 34.8 Å². The molecule has 0 aliphatic carbocycles. The van der Waals surface area contributed by atoms with Gasteiger partial charge in [-0.15, -0.1) is 11.3 Å². The van der Waals surface area contributed by atoms with E-state index < -0.39 is 17.9 Å². The van der Waals surface area contributed by atoms with E-state index in [1.807, 2.05) is 34.9 Å². The number of fused-ring (bicyclic) bond motifs is 1. The molecule has 0 atom stereocenters. The van der Waals surface area contributed by atoms with Gasteiger partial charge in [-0.3, -0.25) is 14.9 Å². The first-order valence-electron chi connectivity index (χ1n) is 10.9. The van der Waals surface area contributed by atoms with E-state index in [1.54, 1.807) is 18.7 Å². The highest BCUT2D eigenvalue weighted by atomic mass is 32.1. The number of anilines is 1. The average Bonchev–Trinajstić information content (AvgIpc) is 3.39. The number of benzene rings is 1. The van der Waals surface area contributed by atoms with E-state index in [2.05, 4.69) is 10.3 Å². The predicted molar refractivity (Wildman–Crippen MR) is 129 cm³/mol. The smallest absolute Gasteiger partial charge is 0.272 e. The van der Waals surface area contributed by atoms with Crippen LogP contribution in [-0.2, 0) is 11.3 Å². The number of carbonyl (C=O) groups excluding carboxylic acids is 2. The Kier molecular flexibility index (Phi) is 6.69. The molecule has 1 aliphatic rings. The molecule has 35 heavy (non-hydrogen) atoms. The lowest BCUT2D eigenvalue weighted by Crippen LogP contribution is -2.52. The molecule has 1 aromatic carbocycles. The lowest BCUT2D eigenvalue weighted by Gasteiger charge is -2.39. The van der Waals surface area contributed by atoms with Crippen molar-refractivity contribution in [2.24, 2.45) is 11.7 Å². The second-order valence-electron chi connectivity index (χ2n) is 9.06. The standard InChI is InChI=1S/C24H24F2N6O2S/c1-24(2,28)9-15(10-27)22(34)31-11-14(12-31)13-32-17-6-4-3-5-16(17)29-23(32)30-21(33)19-8-7-18(35-19)20(25)26/h3-9,14,20H,11-13,28H2,1-2H3,(H,29,30,33)/b15-9+. The zero-order chi connectivity index (χ0) is 25.3. The van der Waals surface area contributed by atoms with Gasteiger partial charge in [0.1, 0.15) is 11.6 Å². The van der Waals surface area contributed by atoms with Crippen LogP contribution in [0.2, 0.25) is 0 Å². The van der Waals surface area contributed by atoms with Crippen LogP contribution in [0.4, 0.5) is 14.7 Å². The zero-order valence-electron chi connectivity index (χ0n) is 19.2. The third kappa shape index (κ3) is 5.39. The molecule has 3 heterocycles. The van der Waals surface area contributed by atoms with E-state index in [0.29, 0.717) is 31.1 Å². The summed E-state index contributed by atoms with van der Waals surface area (Å²) < 4.78 is 27.7. The lowest BCUT2D eigenvalue weighted by atomic mass is 9.97. The first kappa shape index (κ1) is 24.5. The molecule has 0 bridgehead atoms. The number of nitrogens with two attached hydrogens (primary N) is 1. The van der Waals surface area contributed by atoms with Crippen molar-refractivity contribution in [1.82, 2.24) is 14.5 Å². The summed E-state index contributed by atoms with van der Waals surface area (Å²) in [5, 5.41) is 12.1. The SMILES string of the molecule is CC(C)(N)/C=C(\C#N)C(=O)N1CC(Cn2c(NC(=O)c3ccc(C(F)F)s3)nc3ccccc32)C1. The van der Waals surface area contributed by atoms with Gasteiger partial charge in [-0.2, -0.15) is 5.26 Å². The quantitative estimate of drug-likeness (QED) is 0.378. The number of hydrogen-bond donors (Lipinski definition) is 2. The second-order valence-corrected chi connectivity index (χ2v) is 10.2. The number of thiophene rings is 1. The van der Waals surface area contributed by atoms with Gasteiger partial charge in [-0.1, -0.05) is 12.1 Å². The highest BCUT2D eigenvalue weighted by Crippen LogP contribution is 2.29. The largest absolute Gasteiger partial charge is 0.337 e. The minimum absolute atomic E-state index is 0.0103. The van der Waals surface area contributed by atoms with E-state index in [9.17, 15) is 23.6 Å². The van der Waals surface area contributed by atoms with Crippen molar-refractivity contribution in [3.8, 4) is 6.07 Å². The van der Waals surface area contributed by atoms with Gasteiger partial charge >= 0.3 is 0 Å². The molecule has 2 aromatic heterocycles. The van der Waals surface area contributed by atoms with Crippen LogP contribution < -0.4 is 11.1 Å². The summed E-state index contributed by atoms with van der Waals surface area (Å²) in [6.45, 7) is 4.76. The number of nitrogens with one attached hydrogen (secondary N) is 1. The number of para-hydroxylation sites is 2. The fourth-order valence-electron chi connectivity index (χ4n) is 3.90. The van der Waals surface area contributed by atoms with Gasteiger partial charge in [0.15, 0.2) is 0 Å². The van der Waals surface area contributed by atoms with Crippen molar-refractivity contribution < 1.29 is 18.4 Å². The maximum absolute atomic E-state index is 12.9. The Morgan fingerprint density at radius 3 is 2.66 bits per heavy atom. The molecule has 2 amide bonds. The Hall–Kier alpha value is -3.62. The Morgan fingerprint density at radius 1 is 1.31 bits per heavy atom. The lowest BCUT2D eigenvalue weighted by molar-refractivity contribution is -0.133. The summed E-state index contributed by atoms with van der Waals surface area (Å²) in [7, 11) is 0. The van der Waals surface area contributed by atoms with Crippen molar-refractivity contribution in [2.75, 3.05) is 18.4 Å². The molecule has 0 saturated carbocycles. The zero-order valence-corrected chi connectivity index (χ0v) is 20.0. The van der Waals surface area contributed by atoms with Crippen LogP contribution in [0.15, 0.2) is 48.0 Å². The predicted octanol–water partition coefficient (Wildman–Crippen LogP) is 3.93. The molecule has 11 heteroatoms. The topological polar surface area (TPSA) is 117 Å². The van der Waals surface area contributed by atoms with Crippen molar-refractivity contribution in [3.05, 3.63) is 57.8 Å². The first-order chi connectivity index (χ1) is 16.6. The van der Waals surface area contributed by atoms with Crippen LogP contribution in [0.25, 0.3) is 11.0 Å². The number of nitrogens with zero attached hydrogens (tertiary/aromatic N) is 4. The third-order valence-electron chi connectivity index (χ3n) is 5.50. The summed E-state index contributed by atoms with van der Waals surface area (Å²) in [6, 6.07) is 11.9. The number of imidazole rings is 1. The Balaban J connectivity index is 1.50. The molecule has 3 N–H and O–H groups in total. The van der Waals surface area contributed by atoms with Crippen molar-refractivity contribution >= 4 is 40.1 Å². The van der Waals surface area contributed by atoms with E-state index in [1.165, 1.54) is 18.2 Å². The van der Waals surface area contributed by atoms with Crippen LogP contribution >= 0.6 is 11.3 Å². The van der Waals surface area contributed by atoms with E-state index >= 15 is 0 Å². The van der Waals surface area contributed by atoms with Gasteiger partial charge in [0, 0.05) is 31.1 Å². The summed E-state index contributed by atoms with van der Waals surface area (Å²) in [5.74, 6) is -0.503. The minimum Gasteiger partial charge on any atom is -0.337 e. The molecular formula is C24H24F2N6O2S. The molecule has 1 saturated heterocycles. The fourth-order valence-corrected chi connectivity index (χ4v) is 4.66. The second kappa shape index (κ2) is 9.56. The summed E-state index contributed by atoms with van der Waals surface area (Å²) in [4.78, 5) is 31.5. The maximum atomic E-state index is 12.9. The Morgan fingerprint density at radius 2 is 2.03 bits per heavy atom. The number of rotatable bonds is 7.